The first kappa shape index (κ1) is 14.8. The van der Waals surface area contributed by atoms with Crippen molar-refractivity contribution in [2.45, 2.75) is 6.92 Å². The van der Waals surface area contributed by atoms with Gasteiger partial charge in [0.15, 0.2) is 0 Å². The lowest BCUT2D eigenvalue weighted by molar-refractivity contribution is 0.0955. The molecule has 3 aromatic rings. The van der Waals surface area contributed by atoms with Gasteiger partial charge < -0.3 is 9.67 Å². The van der Waals surface area contributed by atoms with Crippen LogP contribution in [0.3, 0.4) is 0 Å². The number of nitrogens with zero attached hydrogens (tertiary/aromatic N) is 2. The Bertz CT molecular complexity index is 893. The third kappa shape index (κ3) is 2.81. The van der Waals surface area contributed by atoms with Crippen LogP contribution in [0.5, 0.6) is 5.75 Å². The highest BCUT2D eigenvalue weighted by Crippen LogP contribution is 2.22. The molecule has 1 aromatic heterocycles. The number of benzene rings is 2. The Morgan fingerprint density at radius 3 is 2.61 bits per heavy atom. The number of aromatic hydroxyl groups is 1. The second-order valence-electron chi connectivity index (χ2n) is 5.32. The van der Waals surface area contributed by atoms with E-state index >= 15 is 0 Å². The second kappa shape index (κ2) is 5.96. The van der Waals surface area contributed by atoms with Crippen molar-refractivity contribution in [2.75, 3.05) is 0 Å². The minimum Gasteiger partial charge on any atom is -0.508 e. The number of hydrogen-bond donors (Lipinski definition) is 2. The molecule has 0 bridgehead atoms. The van der Waals surface area contributed by atoms with E-state index in [2.05, 4.69) is 21.2 Å². The lowest BCUT2D eigenvalue weighted by atomic mass is 10.1. The summed E-state index contributed by atoms with van der Waals surface area (Å²) in [5.41, 5.74) is 6.13. The number of rotatable bonds is 3. The number of phenols is 1. The summed E-state index contributed by atoms with van der Waals surface area (Å²) in [6, 6.07) is 14.1. The van der Waals surface area contributed by atoms with E-state index in [9.17, 15) is 9.90 Å². The van der Waals surface area contributed by atoms with Gasteiger partial charge in [-0.25, -0.2) is 5.43 Å². The van der Waals surface area contributed by atoms with Crippen molar-refractivity contribution in [1.82, 2.24) is 9.99 Å². The van der Waals surface area contributed by atoms with Crippen LogP contribution in [0.1, 0.15) is 21.6 Å². The van der Waals surface area contributed by atoms with Gasteiger partial charge >= 0.3 is 0 Å². The molecule has 0 aliphatic heterocycles. The average molecular weight is 307 g/mol. The summed E-state index contributed by atoms with van der Waals surface area (Å²) in [6.07, 6.45) is 1.66. The molecule has 0 aliphatic carbocycles. The van der Waals surface area contributed by atoms with Crippen LogP contribution in [0.4, 0.5) is 0 Å². The molecule has 1 amide bonds. The first-order valence-electron chi connectivity index (χ1n) is 7.24. The monoisotopic (exact) mass is 307 g/mol. The van der Waals surface area contributed by atoms with Crippen molar-refractivity contribution in [1.29, 1.82) is 0 Å². The molecule has 1 heterocycles. The summed E-state index contributed by atoms with van der Waals surface area (Å²) in [7, 11) is 2.00. The van der Waals surface area contributed by atoms with Crippen molar-refractivity contribution < 1.29 is 9.90 Å². The zero-order valence-electron chi connectivity index (χ0n) is 12.9. The quantitative estimate of drug-likeness (QED) is 0.577. The molecule has 2 aromatic carbocycles. The highest BCUT2D eigenvalue weighted by molar-refractivity contribution is 6.02. The van der Waals surface area contributed by atoms with Crippen LogP contribution in [-0.2, 0) is 7.05 Å². The van der Waals surface area contributed by atoms with E-state index in [0.29, 0.717) is 5.56 Å². The maximum absolute atomic E-state index is 12.0. The fraction of sp³-hybridized carbons (Fsp3) is 0.111. The lowest BCUT2D eigenvalue weighted by Crippen LogP contribution is -2.17. The van der Waals surface area contributed by atoms with E-state index in [1.54, 1.807) is 18.3 Å². The minimum absolute atomic E-state index is 0.122. The maximum Gasteiger partial charge on any atom is 0.271 e. The van der Waals surface area contributed by atoms with E-state index < -0.39 is 0 Å². The highest BCUT2D eigenvalue weighted by Gasteiger charge is 2.09. The van der Waals surface area contributed by atoms with Gasteiger partial charge in [0.25, 0.3) is 5.91 Å². The SMILES string of the molecule is Cc1c(/C=N/NC(=O)c2ccc(O)cc2)c2ccccc2n1C. The smallest absolute Gasteiger partial charge is 0.271 e. The van der Waals surface area contributed by atoms with Gasteiger partial charge in [-0.05, 0) is 37.3 Å². The molecule has 0 unspecified atom stereocenters. The van der Waals surface area contributed by atoms with Crippen molar-refractivity contribution in [3.8, 4) is 5.75 Å². The summed E-state index contributed by atoms with van der Waals surface area (Å²) >= 11 is 0. The number of nitrogens with one attached hydrogen (secondary N) is 1. The number of phenolic OH excluding ortho intramolecular Hbond substituents is 1. The Labute approximate surface area is 133 Å². The van der Waals surface area contributed by atoms with Crippen LogP contribution < -0.4 is 5.43 Å². The third-order valence-corrected chi connectivity index (χ3v) is 3.94. The molecule has 2 N–H and O–H groups in total. The summed E-state index contributed by atoms with van der Waals surface area (Å²) in [4.78, 5) is 12.0. The van der Waals surface area contributed by atoms with Gasteiger partial charge in [0.05, 0.1) is 6.21 Å². The van der Waals surface area contributed by atoms with Crippen molar-refractivity contribution in [3.63, 3.8) is 0 Å². The largest absolute Gasteiger partial charge is 0.508 e. The standard InChI is InChI=1S/C18H17N3O2/c1-12-16(15-5-3-4-6-17(15)21(12)2)11-19-20-18(23)13-7-9-14(22)10-8-13/h3-11,22H,1-2H3,(H,20,23)/b19-11+. The Morgan fingerprint density at radius 2 is 1.87 bits per heavy atom. The van der Waals surface area contributed by atoms with Crippen LogP contribution in [0.2, 0.25) is 0 Å². The Morgan fingerprint density at radius 1 is 1.17 bits per heavy atom. The molecule has 0 radical (unpaired) electrons. The zero-order chi connectivity index (χ0) is 16.4. The Kier molecular flexibility index (Phi) is 3.85. The van der Waals surface area contributed by atoms with E-state index in [0.717, 1.165) is 22.2 Å². The second-order valence-corrected chi connectivity index (χ2v) is 5.32. The summed E-state index contributed by atoms with van der Waals surface area (Å²) in [5, 5.41) is 14.4. The van der Waals surface area contributed by atoms with E-state index in [1.165, 1.54) is 12.1 Å². The molecule has 23 heavy (non-hydrogen) atoms. The van der Waals surface area contributed by atoms with Crippen LogP contribution >= 0.6 is 0 Å². The number of hydrogen-bond acceptors (Lipinski definition) is 3. The van der Waals surface area contributed by atoms with Gasteiger partial charge in [0.2, 0.25) is 0 Å². The molecule has 5 heteroatoms. The van der Waals surface area contributed by atoms with Gasteiger partial charge in [0, 0.05) is 34.8 Å². The number of carbonyl (C=O) groups excluding carboxylic acids is 1. The first-order valence-corrected chi connectivity index (χ1v) is 7.24. The molecular weight excluding hydrogens is 290 g/mol. The molecule has 0 spiro atoms. The molecule has 0 aliphatic rings. The molecule has 116 valence electrons. The predicted molar refractivity (Wildman–Crippen MR) is 90.8 cm³/mol. The van der Waals surface area contributed by atoms with Crippen molar-refractivity contribution in [3.05, 3.63) is 65.4 Å². The first-order chi connectivity index (χ1) is 11.1. The van der Waals surface area contributed by atoms with Gasteiger partial charge in [0.1, 0.15) is 5.75 Å². The molecule has 3 rings (SSSR count). The van der Waals surface area contributed by atoms with Crippen LogP contribution in [0.25, 0.3) is 10.9 Å². The van der Waals surface area contributed by atoms with Crippen LogP contribution in [-0.4, -0.2) is 21.8 Å². The molecule has 0 saturated carbocycles. The zero-order valence-corrected chi connectivity index (χ0v) is 12.9. The number of fused-ring (bicyclic) bond motifs is 1. The number of hydrazone groups is 1. The van der Waals surface area contributed by atoms with Gasteiger partial charge in [-0.15, -0.1) is 0 Å². The van der Waals surface area contributed by atoms with E-state index in [1.807, 2.05) is 32.2 Å². The van der Waals surface area contributed by atoms with E-state index in [-0.39, 0.29) is 11.7 Å². The van der Waals surface area contributed by atoms with Gasteiger partial charge in [-0.3, -0.25) is 4.79 Å². The topological polar surface area (TPSA) is 66.6 Å². The molecular formula is C18H17N3O2. The van der Waals surface area contributed by atoms with Crippen LogP contribution in [0.15, 0.2) is 53.6 Å². The number of aromatic nitrogens is 1. The highest BCUT2D eigenvalue weighted by atomic mass is 16.3. The average Bonchev–Trinajstić information content (AvgIpc) is 2.81. The summed E-state index contributed by atoms with van der Waals surface area (Å²) in [5.74, 6) is -0.199. The van der Waals surface area contributed by atoms with Crippen LogP contribution in [0, 0.1) is 6.92 Å². The maximum atomic E-state index is 12.0. The van der Waals surface area contributed by atoms with E-state index in [4.69, 9.17) is 0 Å². The number of aryl methyl sites for hydroxylation is 1. The number of para-hydroxylation sites is 1. The molecule has 0 atom stereocenters. The number of carbonyl (C=O) groups is 1. The van der Waals surface area contributed by atoms with Crippen molar-refractivity contribution in [2.24, 2.45) is 12.1 Å². The fourth-order valence-electron chi connectivity index (χ4n) is 2.55. The minimum atomic E-state index is -0.320. The summed E-state index contributed by atoms with van der Waals surface area (Å²) < 4.78 is 2.10. The Balaban J connectivity index is 1.82. The molecule has 0 saturated heterocycles. The third-order valence-electron chi connectivity index (χ3n) is 3.94. The molecule has 0 fully saturated rings. The Hall–Kier alpha value is -3.08. The predicted octanol–water partition coefficient (Wildman–Crippen LogP) is 2.96. The normalized spacial score (nSPS) is 11.2. The van der Waals surface area contributed by atoms with Crippen molar-refractivity contribution >= 4 is 23.0 Å². The van der Waals surface area contributed by atoms with Gasteiger partial charge in [-0.1, -0.05) is 18.2 Å². The molecule has 5 nitrogen and oxygen atoms in total. The van der Waals surface area contributed by atoms with Gasteiger partial charge in [-0.2, -0.15) is 5.10 Å². The fourth-order valence-corrected chi connectivity index (χ4v) is 2.55. The number of amides is 1. The summed E-state index contributed by atoms with van der Waals surface area (Å²) in [6.45, 7) is 2.02. The lowest BCUT2D eigenvalue weighted by Gasteiger charge is -2.00.